The molecule has 0 bridgehead atoms. The van der Waals surface area contributed by atoms with Crippen LogP contribution in [0.25, 0.3) is 24.3 Å². The van der Waals surface area contributed by atoms with Crippen LogP contribution in [0.4, 0.5) is 0 Å². The van der Waals surface area contributed by atoms with Gasteiger partial charge in [-0.25, -0.2) is 0 Å². The first kappa shape index (κ1) is 66.3. The van der Waals surface area contributed by atoms with E-state index < -0.39 is 7.26 Å². The van der Waals surface area contributed by atoms with Gasteiger partial charge in [0.05, 0.1) is 24.3 Å². The van der Waals surface area contributed by atoms with Crippen molar-refractivity contribution in [1.82, 2.24) is 0 Å². The van der Waals surface area contributed by atoms with Gasteiger partial charge in [-0.15, -0.1) is 0 Å². The molecule has 0 N–H and O–H groups in total. The molecule has 90 heavy (non-hydrogen) atoms. The maximum atomic E-state index is 6.37. The second-order valence-electron chi connectivity index (χ2n) is 22.1. The summed E-state index contributed by atoms with van der Waals surface area (Å²) in [7, 11) is -2.45. The first-order chi connectivity index (χ1) is 44.3. The molecule has 0 unspecified atom stereocenters. The second-order valence-corrected chi connectivity index (χ2v) is 26.7. The minimum atomic E-state index is -2.45. The van der Waals surface area contributed by atoms with Crippen molar-refractivity contribution < 1.29 is 50.1 Å². The second kappa shape index (κ2) is 34.7. The zero-order chi connectivity index (χ0) is 62.8. The summed E-state index contributed by atoms with van der Waals surface area (Å²) < 4.78 is 26.1. The van der Waals surface area contributed by atoms with Gasteiger partial charge in [-0.2, -0.15) is 0 Å². The Balaban J connectivity index is 0.928. The third kappa shape index (κ3) is 17.8. The summed E-state index contributed by atoms with van der Waals surface area (Å²) in [6.07, 6.45) is 33.9. The van der Waals surface area contributed by atoms with Crippen molar-refractivity contribution >= 4 is 47.5 Å². The van der Waals surface area contributed by atoms with Crippen molar-refractivity contribution in [2.45, 2.75) is 79.6 Å². The molecular formula is C84H78O3Os2P+. The summed E-state index contributed by atoms with van der Waals surface area (Å²) in [4.78, 5) is 0. The van der Waals surface area contributed by atoms with Crippen LogP contribution in [0.5, 0.6) is 11.5 Å². The fourth-order valence-electron chi connectivity index (χ4n) is 10.8. The number of allylic oxidation sites excluding steroid dienone is 14. The number of rotatable bonds is 21. The van der Waals surface area contributed by atoms with Crippen molar-refractivity contribution in [2.75, 3.05) is 26.4 Å². The Labute approximate surface area is 556 Å². The van der Waals surface area contributed by atoms with Crippen LogP contribution in [-0.2, 0) is 40.6 Å². The Morgan fingerprint density at radius 1 is 0.511 bits per heavy atom. The molecule has 0 amide bonds. The molecule has 0 aromatic heterocycles. The van der Waals surface area contributed by atoms with E-state index in [1.54, 1.807) is 17.9 Å². The monoisotopic (exact) mass is 1550 g/mol. The van der Waals surface area contributed by atoms with Crippen LogP contribution in [0.1, 0.15) is 124 Å². The van der Waals surface area contributed by atoms with Gasteiger partial charge in [0.2, 0.25) is 0 Å². The van der Waals surface area contributed by atoms with E-state index in [0.29, 0.717) is 26.4 Å². The number of hydrogen-bond donors (Lipinski definition) is 0. The fourth-order valence-corrected chi connectivity index (χ4v) is 17.0. The normalized spacial score (nSPS) is 15.7. The predicted molar refractivity (Wildman–Crippen MR) is 376 cm³/mol. The Morgan fingerprint density at radius 3 is 1.44 bits per heavy atom. The molecule has 7 aromatic rings. The molecule has 2 aliphatic rings. The van der Waals surface area contributed by atoms with Crippen molar-refractivity contribution in [3.8, 4) is 43.9 Å². The summed E-state index contributed by atoms with van der Waals surface area (Å²) in [5.41, 5.74) is 16.6. The predicted octanol–water partition coefficient (Wildman–Crippen LogP) is 19.1. The Morgan fingerprint density at radius 2 is 0.967 bits per heavy atom. The fraction of sp³-hybridized carbons (Fsp3) is 0.190. The standard InChI is InChI=1S/C84H78O3P.2Os/c1-8-12-56-86-83-61-78(84(87-57-13-9-2)60-77(83)54-50-70-40-36-66(25-10-3)37-41-70)55-51-71-42-38-67(39-43-71)26-23-27-73-28-24-29-76(73)58-74(64(5)6)52-48-68-44-46-69(47-45-68)49-53-75(59-79-63-85-62-72(79)11-4)65(7)88(80-30-17-14-18-31-80,81-32-19-15-20-33-81)82-34-21-16-22-35-82;;/h10-11,14-23,25-27,30-49,52-53,58-61H,8-9,12-13,24,28-29,56-57,62-63H2,1-5H3;;/q+1;;/b25-10+,26-23+,52-48+,53-49+,72-11?,73-27?,74-64?,75-65?,76-58?,79-59?;;. The Hall–Kier alpha value is -8.12. The first-order valence-corrected chi connectivity index (χ1v) is 35.6. The molecule has 0 radical (unpaired) electrons. The first-order valence-electron chi connectivity index (χ1n) is 31.3. The molecule has 1 aliphatic carbocycles. The van der Waals surface area contributed by atoms with E-state index in [2.05, 4.69) is 291 Å². The minimum absolute atomic E-state index is 0.575. The number of ether oxygens (including phenoxy) is 3. The van der Waals surface area contributed by atoms with Crippen LogP contribution in [0, 0.1) is 32.4 Å². The van der Waals surface area contributed by atoms with Gasteiger partial charge in [0, 0.05) is 23.3 Å². The molecule has 9 rings (SSSR count). The Bertz CT molecular complexity index is 4060. The molecule has 3 nitrogen and oxygen atoms in total. The molecule has 6 heteroatoms. The summed E-state index contributed by atoms with van der Waals surface area (Å²) in [6, 6.07) is 62.7. The third-order valence-electron chi connectivity index (χ3n) is 15.8. The maximum absolute atomic E-state index is 6.37. The van der Waals surface area contributed by atoms with Gasteiger partial charge in [0.25, 0.3) is 0 Å². The van der Waals surface area contributed by atoms with Gasteiger partial charge in [-0.1, -0.05) is 74.7 Å². The van der Waals surface area contributed by atoms with Crippen LogP contribution < -0.4 is 25.4 Å². The van der Waals surface area contributed by atoms with Crippen molar-refractivity contribution in [2.24, 2.45) is 0 Å². The van der Waals surface area contributed by atoms with E-state index in [9.17, 15) is 0 Å². The SMILES string of the molecule is CC=C1COCC1=CC(/C=C/c1ccc(/C=C/C(C=C2CCCC2=C/C=C/c2ccc(C#Cc3cc(OCCCC)c(C#Cc4ccc(/C=C/C)cc4)cc3OCCCC)cc2)=C(C)[C]#[Os])cc1)=C([C]#[Os])[P+](c1ccccc1)(c1ccccc1)c1ccccc1. The summed E-state index contributed by atoms with van der Waals surface area (Å²) in [6.45, 7) is 13.0. The molecule has 1 saturated carbocycles. The van der Waals surface area contributed by atoms with E-state index in [1.165, 1.54) is 49.1 Å². The van der Waals surface area contributed by atoms with Crippen LogP contribution >= 0.6 is 7.26 Å². The third-order valence-corrected chi connectivity index (χ3v) is 22.2. The van der Waals surface area contributed by atoms with Gasteiger partial charge in [-0.3, -0.25) is 0 Å². The molecule has 1 aliphatic heterocycles. The summed E-state index contributed by atoms with van der Waals surface area (Å²) in [5.74, 6) is 15.0. The van der Waals surface area contributed by atoms with Crippen LogP contribution in [-0.4, -0.2) is 26.4 Å². The van der Waals surface area contributed by atoms with Crippen molar-refractivity contribution in [3.63, 3.8) is 0 Å². The number of benzene rings is 7. The average Bonchev–Trinajstić information content (AvgIpc) is 0.831. The van der Waals surface area contributed by atoms with Crippen LogP contribution in [0.3, 0.4) is 0 Å². The van der Waals surface area contributed by atoms with E-state index in [0.717, 1.165) is 112 Å². The van der Waals surface area contributed by atoms with E-state index in [-0.39, 0.29) is 0 Å². The quantitative estimate of drug-likeness (QED) is 0.0311. The average molecular weight is 1550 g/mol. The van der Waals surface area contributed by atoms with Gasteiger partial charge in [0.15, 0.2) is 0 Å². The zero-order valence-corrected chi connectivity index (χ0v) is 58.3. The summed E-state index contributed by atoms with van der Waals surface area (Å²) in [5, 5.41) is 5.06. The van der Waals surface area contributed by atoms with Crippen molar-refractivity contribution in [1.29, 1.82) is 0 Å². The van der Waals surface area contributed by atoms with Crippen molar-refractivity contribution in [3.05, 3.63) is 313 Å². The van der Waals surface area contributed by atoms with Gasteiger partial charge < -0.3 is 9.47 Å². The molecule has 0 spiro atoms. The number of unbranched alkanes of at least 4 members (excludes halogenated alkanes) is 2. The van der Waals surface area contributed by atoms with Gasteiger partial charge in [-0.05, 0) is 37.5 Å². The van der Waals surface area contributed by atoms with Crippen LogP contribution in [0.15, 0.2) is 269 Å². The van der Waals surface area contributed by atoms with Crippen LogP contribution in [0.2, 0.25) is 0 Å². The molecule has 2 fully saturated rings. The van der Waals surface area contributed by atoms with E-state index in [4.69, 9.17) is 14.2 Å². The molecule has 7 aromatic carbocycles. The Kier molecular flexibility index (Phi) is 25.6. The molecule has 0 atom stereocenters. The summed E-state index contributed by atoms with van der Waals surface area (Å²) >= 11 is 3.59. The van der Waals surface area contributed by atoms with E-state index in [1.807, 2.05) is 43.1 Å². The molecule has 1 saturated heterocycles. The van der Waals surface area contributed by atoms with E-state index >= 15 is 0 Å². The topological polar surface area (TPSA) is 27.7 Å². The van der Waals surface area contributed by atoms with Gasteiger partial charge >= 0.3 is 380 Å². The number of hydrogen-bond acceptors (Lipinski definition) is 3. The zero-order valence-electron chi connectivity index (χ0n) is 52.3. The molecule has 452 valence electrons. The van der Waals surface area contributed by atoms with Gasteiger partial charge in [0.1, 0.15) is 11.5 Å². The molecule has 1 heterocycles. The molecular weight excluding hydrogens is 1470 g/mol.